The molecule has 168 valence electrons. The van der Waals surface area contributed by atoms with Crippen LogP contribution in [-0.2, 0) is 6.54 Å². The van der Waals surface area contributed by atoms with Crippen molar-refractivity contribution in [2.75, 3.05) is 38.0 Å². The number of halogens is 1. The minimum atomic E-state index is -0.559. The van der Waals surface area contributed by atoms with Gasteiger partial charge < -0.3 is 19.7 Å². The molecule has 3 aromatic rings. The zero-order chi connectivity index (χ0) is 22.7. The molecule has 7 heteroatoms. The van der Waals surface area contributed by atoms with E-state index in [4.69, 9.17) is 0 Å². The number of nitrogens with zero attached hydrogens (tertiary/aromatic N) is 3. The summed E-state index contributed by atoms with van der Waals surface area (Å²) in [6, 6.07) is 13.3. The van der Waals surface area contributed by atoms with Crippen LogP contribution in [0.4, 0.5) is 10.1 Å². The molecular formula is C25H29FN4O2. The lowest BCUT2D eigenvalue weighted by atomic mass is 10.2. The van der Waals surface area contributed by atoms with E-state index >= 15 is 0 Å². The van der Waals surface area contributed by atoms with E-state index in [1.165, 1.54) is 12.1 Å². The molecule has 2 amide bonds. The highest BCUT2D eigenvalue weighted by Gasteiger charge is 2.25. The summed E-state index contributed by atoms with van der Waals surface area (Å²) in [5.41, 5.74) is 2.18. The smallest absolute Gasteiger partial charge is 0.270 e. The van der Waals surface area contributed by atoms with E-state index in [0.29, 0.717) is 11.4 Å². The number of piperazine rings is 1. The van der Waals surface area contributed by atoms with Crippen LogP contribution in [0.15, 0.2) is 48.5 Å². The van der Waals surface area contributed by atoms with E-state index in [-0.39, 0.29) is 11.5 Å². The summed E-state index contributed by atoms with van der Waals surface area (Å²) in [6.45, 7) is 9.20. The van der Waals surface area contributed by atoms with Gasteiger partial charge in [-0.3, -0.25) is 9.59 Å². The van der Waals surface area contributed by atoms with Gasteiger partial charge in [0.15, 0.2) is 0 Å². The van der Waals surface area contributed by atoms with E-state index in [1.807, 2.05) is 23.1 Å². The maximum atomic E-state index is 13.9. The van der Waals surface area contributed by atoms with Crippen LogP contribution >= 0.6 is 0 Å². The lowest BCUT2D eigenvalue weighted by Gasteiger charge is -2.34. The maximum absolute atomic E-state index is 13.9. The topological polar surface area (TPSA) is 57.6 Å². The highest BCUT2D eigenvalue weighted by atomic mass is 19.1. The summed E-state index contributed by atoms with van der Waals surface area (Å²) in [5, 5.41) is 3.64. The highest BCUT2D eigenvalue weighted by molar-refractivity contribution is 6.06. The lowest BCUT2D eigenvalue weighted by Crippen LogP contribution is -2.48. The van der Waals surface area contributed by atoms with Crippen LogP contribution in [0.2, 0.25) is 0 Å². The second-order valence-electron chi connectivity index (χ2n) is 8.12. The third-order valence-corrected chi connectivity index (χ3v) is 6.05. The third-order valence-electron chi connectivity index (χ3n) is 6.05. The molecule has 0 radical (unpaired) electrons. The molecule has 0 bridgehead atoms. The number of nitrogens with one attached hydrogen (secondary N) is 1. The van der Waals surface area contributed by atoms with Crippen LogP contribution in [0.3, 0.4) is 0 Å². The van der Waals surface area contributed by atoms with Crippen LogP contribution in [0.1, 0.15) is 41.1 Å². The standard InChI is InChI=1S/C25H29FN4O2/c1-3-11-30-22-10-9-19(27-24(31)20-7-5-6-8-21(20)26)16-18(22)17-23(30)25(32)29-14-12-28(4-2)13-15-29/h5-10,16-17H,3-4,11-15H2,1-2H3,(H,27,31). The molecule has 1 saturated heterocycles. The number of carbonyl (C=O) groups excluding carboxylic acids is 2. The van der Waals surface area contributed by atoms with Gasteiger partial charge in [-0.25, -0.2) is 4.39 Å². The minimum absolute atomic E-state index is 0.00163. The van der Waals surface area contributed by atoms with Crippen molar-refractivity contribution in [1.29, 1.82) is 0 Å². The number of fused-ring (bicyclic) bond motifs is 1. The van der Waals surface area contributed by atoms with Crippen molar-refractivity contribution < 1.29 is 14.0 Å². The fourth-order valence-corrected chi connectivity index (χ4v) is 4.26. The first-order chi connectivity index (χ1) is 15.5. The second kappa shape index (κ2) is 9.53. The van der Waals surface area contributed by atoms with Crippen molar-refractivity contribution in [3.8, 4) is 0 Å². The first-order valence-corrected chi connectivity index (χ1v) is 11.2. The van der Waals surface area contributed by atoms with Crippen molar-refractivity contribution >= 4 is 28.4 Å². The Hall–Kier alpha value is -3.19. The van der Waals surface area contributed by atoms with Gasteiger partial charge in [0, 0.05) is 49.3 Å². The molecule has 32 heavy (non-hydrogen) atoms. The van der Waals surface area contributed by atoms with Gasteiger partial charge in [-0.2, -0.15) is 0 Å². The number of aryl methyl sites for hydroxylation is 1. The third kappa shape index (κ3) is 4.39. The number of hydrogen-bond acceptors (Lipinski definition) is 3. The molecule has 4 rings (SSSR count). The summed E-state index contributed by atoms with van der Waals surface area (Å²) in [7, 11) is 0. The Balaban J connectivity index is 1.60. The molecule has 0 saturated carbocycles. The first-order valence-electron chi connectivity index (χ1n) is 11.2. The minimum Gasteiger partial charge on any atom is -0.337 e. The fraction of sp³-hybridized carbons (Fsp3) is 0.360. The number of carbonyl (C=O) groups is 2. The Morgan fingerprint density at radius 1 is 1.00 bits per heavy atom. The Bertz CT molecular complexity index is 1130. The monoisotopic (exact) mass is 436 g/mol. The van der Waals surface area contributed by atoms with Gasteiger partial charge in [0.2, 0.25) is 0 Å². The molecule has 0 aliphatic carbocycles. The molecule has 2 aromatic carbocycles. The van der Waals surface area contributed by atoms with Gasteiger partial charge in [-0.1, -0.05) is 26.0 Å². The van der Waals surface area contributed by atoms with Crippen molar-refractivity contribution in [3.63, 3.8) is 0 Å². The highest BCUT2D eigenvalue weighted by Crippen LogP contribution is 2.26. The largest absolute Gasteiger partial charge is 0.337 e. The molecule has 6 nitrogen and oxygen atoms in total. The normalized spacial score (nSPS) is 14.7. The van der Waals surface area contributed by atoms with E-state index < -0.39 is 11.7 Å². The van der Waals surface area contributed by atoms with Crippen LogP contribution in [0.5, 0.6) is 0 Å². The number of anilines is 1. The Kier molecular flexibility index (Phi) is 6.55. The quantitative estimate of drug-likeness (QED) is 0.630. The number of rotatable bonds is 6. The number of likely N-dealkylation sites (N-methyl/N-ethyl adjacent to an activating group) is 1. The summed E-state index contributed by atoms with van der Waals surface area (Å²) < 4.78 is 16.0. The Morgan fingerprint density at radius 3 is 2.44 bits per heavy atom. The number of hydrogen-bond donors (Lipinski definition) is 1. The van der Waals surface area contributed by atoms with Crippen molar-refractivity contribution in [2.45, 2.75) is 26.8 Å². The SMILES string of the molecule is CCCn1c(C(=O)N2CCN(CC)CC2)cc2cc(NC(=O)c3ccccc3F)ccc21. The summed E-state index contributed by atoms with van der Waals surface area (Å²) in [5.74, 6) is -1.01. The lowest BCUT2D eigenvalue weighted by molar-refractivity contribution is 0.0633. The molecule has 1 aromatic heterocycles. The molecule has 1 fully saturated rings. The first kappa shape index (κ1) is 22.0. The molecule has 1 aliphatic rings. The average molecular weight is 437 g/mol. The van der Waals surface area contributed by atoms with Crippen LogP contribution in [0.25, 0.3) is 10.9 Å². The predicted molar refractivity (Wildman–Crippen MR) is 125 cm³/mol. The summed E-state index contributed by atoms with van der Waals surface area (Å²) in [4.78, 5) is 30.1. The molecular weight excluding hydrogens is 407 g/mol. The number of aromatic nitrogens is 1. The van der Waals surface area contributed by atoms with Crippen LogP contribution in [-0.4, -0.2) is 58.9 Å². The predicted octanol–water partition coefficient (Wildman–Crippen LogP) is 4.22. The van der Waals surface area contributed by atoms with E-state index in [9.17, 15) is 14.0 Å². The van der Waals surface area contributed by atoms with Crippen molar-refractivity contribution in [1.82, 2.24) is 14.4 Å². The van der Waals surface area contributed by atoms with Crippen molar-refractivity contribution in [3.05, 3.63) is 65.6 Å². The van der Waals surface area contributed by atoms with Gasteiger partial charge in [-0.05, 0) is 49.4 Å². The van der Waals surface area contributed by atoms with Crippen LogP contribution < -0.4 is 5.32 Å². The Morgan fingerprint density at radius 2 is 1.75 bits per heavy atom. The van der Waals surface area contributed by atoms with Gasteiger partial charge in [0.05, 0.1) is 5.56 Å². The van der Waals surface area contributed by atoms with Crippen molar-refractivity contribution in [2.24, 2.45) is 0 Å². The molecule has 0 spiro atoms. The van der Waals surface area contributed by atoms with Gasteiger partial charge in [-0.15, -0.1) is 0 Å². The van der Waals surface area contributed by atoms with E-state index in [0.717, 1.165) is 56.6 Å². The molecule has 0 atom stereocenters. The maximum Gasteiger partial charge on any atom is 0.270 e. The summed E-state index contributed by atoms with van der Waals surface area (Å²) in [6.07, 6.45) is 0.902. The molecule has 2 heterocycles. The van der Waals surface area contributed by atoms with Gasteiger partial charge >= 0.3 is 0 Å². The van der Waals surface area contributed by atoms with Crippen LogP contribution in [0, 0.1) is 5.82 Å². The fourth-order valence-electron chi connectivity index (χ4n) is 4.26. The Labute approximate surface area is 187 Å². The van der Waals surface area contributed by atoms with Gasteiger partial charge in [0.25, 0.3) is 11.8 Å². The molecule has 1 aliphatic heterocycles. The molecule has 0 unspecified atom stereocenters. The second-order valence-corrected chi connectivity index (χ2v) is 8.12. The van der Waals surface area contributed by atoms with Gasteiger partial charge in [0.1, 0.15) is 11.5 Å². The van der Waals surface area contributed by atoms with E-state index in [2.05, 4.69) is 28.6 Å². The number of benzene rings is 2. The zero-order valence-electron chi connectivity index (χ0n) is 18.6. The average Bonchev–Trinajstić information content (AvgIpc) is 3.16. The molecule has 1 N–H and O–H groups in total. The number of amides is 2. The van der Waals surface area contributed by atoms with E-state index in [1.54, 1.807) is 18.2 Å². The summed E-state index contributed by atoms with van der Waals surface area (Å²) >= 11 is 0. The zero-order valence-corrected chi connectivity index (χ0v) is 18.6.